The fourth-order valence-corrected chi connectivity index (χ4v) is 5.35. The quantitative estimate of drug-likeness (QED) is 0.583. The highest BCUT2D eigenvalue weighted by Gasteiger charge is 2.39. The van der Waals surface area contributed by atoms with Crippen LogP contribution < -0.4 is 10.0 Å². The number of fused-ring (bicyclic) bond motifs is 1. The number of imide groups is 1. The summed E-state index contributed by atoms with van der Waals surface area (Å²) in [6, 6.07) is 10.8. The molecule has 10 nitrogen and oxygen atoms in total. The first-order chi connectivity index (χ1) is 16.3. The molecule has 3 heterocycles. The molecule has 2 aromatic carbocycles. The Bertz CT molecular complexity index is 1250. The third kappa shape index (κ3) is 4.34. The number of rotatable bonds is 6. The van der Waals surface area contributed by atoms with Crippen LogP contribution in [0.2, 0.25) is 0 Å². The maximum absolute atomic E-state index is 12.9. The molecule has 1 unspecified atom stereocenters. The van der Waals surface area contributed by atoms with Crippen molar-refractivity contribution in [2.24, 2.45) is 0 Å². The molecule has 2 N–H and O–H groups in total. The predicted molar refractivity (Wildman–Crippen MR) is 118 cm³/mol. The van der Waals surface area contributed by atoms with Crippen LogP contribution in [0.15, 0.2) is 47.4 Å². The summed E-state index contributed by atoms with van der Waals surface area (Å²) in [6.45, 7) is 1.27. The van der Waals surface area contributed by atoms with Gasteiger partial charge >= 0.3 is 0 Å². The van der Waals surface area contributed by atoms with Gasteiger partial charge in [-0.2, -0.15) is 0 Å². The van der Waals surface area contributed by atoms with Gasteiger partial charge in [0, 0.05) is 30.6 Å². The van der Waals surface area contributed by atoms with Gasteiger partial charge in [-0.1, -0.05) is 24.3 Å². The summed E-state index contributed by atoms with van der Waals surface area (Å²) in [5, 5.41) is 2.27. The van der Waals surface area contributed by atoms with Crippen LogP contribution in [-0.4, -0.2) is 50.3 Å². The average molecular weight is 486 g/mol. The number of carbonyl (C=O) groups is 3. The summed E-state index contributed by atoms with van der Waals surface area (Å²) in [6.07, 6.45) is -0.00603. The van der Waals surface area contributed by atoms with E-state index in [1.54, 1.807) is 30.3 Å². The zero-order valence-corrected chi connectivity index (χ0v) is 19.0. The lowest BCUT2D eigenvalue weighted by Gasteiger charge is -2.29. The Morgan fingerprint density at radius 2 is 1.76 bits per heavy atom. The van der Waals surface area contributed by atoms with Gasteiger partial charge < -0.3 is 14.4 Å². The number of nitrogens with one attached hydrogen (secondary N) is 2. The molecule has 0 aromatic heterocycles. The minimum atomic E-state index is -3.78. The SMILES string of the molecule is O=C1CCC(N2Cc3ccc(CNS(=O)(=O)c4ccc(C5OCCO5)cc4)cc3C2=O)C(=O)N1. The number of amides is 3. The van der Waals surface area contributed by atoms with Gasteiger partial charge in [-0.25, -0.2) is 13.1 Å². The lowest BCUT2D eigenvalue weighted by Crippen LogP contribution is -2.52. The average Bonchev–Trinajstić information content (AvgIpc) is 3.47. The van der Waals surface area contributed by atoms with Crippen LogP contribution in [0.3, 0.4) is 0 Å². The van der Waals surface area contributed by atoms with Crippen LogP contribution in [0, 0.1) is 0 Å². The van der Waals surface area contributed by atoms with Crippen molar-refractivity contribution in [1.29, 1.82) is 0 Å². The number of carbonyl (C=O) groups excluding carboxylic acids is 3. The van der Waals surface area contributed by atoms with Crippen LogP contribution in [-0.2, 0) is 42.2 Å². The van der Waals surface area contributed by atoms with Crippen LogP contribution in [0.1, 0.15) is 46.2 Å². The van der Waals surface area contributed by atoms with Crippen LogP contribution in [0.4, 0.5) is 0 Å². The Labute approximate surface area is 196 Å². The van der Waals surface area contributed by atoms with E-state index in [9.17, 15) is 22.8 Å². The molecule has 2 saturated heterocycles. The van der Waals surface area contributed by atoms with Crippen molar-refractivity contribution < 1.29 is 32.3 Å². The zero-order chi connectivity index (χ0) is 23.9. The molecule has 1 atom stereocenters. The Balaban J connectivity index is 1.25. The summed E-state index contributed by atoms with van der Waals surface area (Å²) in [5.41, 5.74) is 2.55. The van der Waals surface area contributed by atoms with Crippen molar-refractivity contribution in [2.45, 2.75) is 43.2 Å². The first-order valence-corrected chi connectivity index (χ1v) is 12.4. The molecule has 0 bridgehead atoms. The van der Waals surface area contributed by atoms with Crippen LogP contribution >= 0.6 is 0 Å². The number of nitrogens with zero attached hydrogens (tertiary/aromatic N) is 1. The van der Waals surface area contributed by atoms with Gasteiger partial charge in [0.25, 0.3) is 5.91 Å². The van der Waals surface area contributed by atoms with E-state index in [1.165, 1.54) is 17.0 Å². The van der Waals surface area contributed by atoms with Crippen molar-refractivity contribution in [2.75, 3.05) is 13.2 Å². The lowest BCUT2D eigenvalue weighted by atomic mass is 10.0. The molecule has 0 radical (unpaired) electrons. The highest BCUT2D eigenvalue weighted by atomic mass is 32.2. The maximum Gasteiger partial charge on any atom is 0.255 e. The maximum atomic E-state index is 12.9. The van der Waals surface area contributed by atoms with Crippen molar-refractivity contribution in [3.8, 4) is 0 Å². The zero-order valence-electron chi connectivity index (χ0n) is 18.2. The summed E-state index contributed by atoms with van der Waals surface area (Å²) in [7, 11) is -3.78. The van der Waals surface area contributed by atoms with Crippen molar-refractivity contribution >= 4 is 27.7 Å². The number of benzene rings is 2. The fraction of sp³-hybridized carbons (Fsp3) is 0.348. The molecule has 3 aliphatic rings. The van der Waals surface area contributed by atoms with E-state index in [2.05, 4.69) is 10.0 Å². The normalized spacial score (nSPS) is 21.1. The van der Waals surface area contributed by atoms with Gasteiger partial charge in [-0.05, 0) is 35.7 Å². The van der Waals surface area contributed by atoms with Gasteiger partial charge in [0.1, 0.15) is 6.04 Å². The summed E-state index contributed by atoms with van der Waals surface area (Å²) < 4.78 is 38.9. The summed E-state index contributed by atoms with van der Waals surface area (Å²) in [4.78, 5) is 38.1. The fourth-order valence-electron chi connectivity index (χ4n) is 4.33. The molecule has 2 fully saturated rings. The predicted octanol–water partition coefficient (Wildman–Crippen LogP) is 0.971. The Hall–Kier alpha value is -3.12. The molecular weight excluding hydrogens is 462 g/mol. The number of ether oxygens (including phenoxy) is 2. The van der Waals surface area contributed by atoms with Crippen molar-refractivity contribution in [3.05, 3.63) is 64.7 Å². The Kier molecular flexibility index (Phi) is 5.94. The van der Waals surface area contributed by atoms with Gasteiger partial charge in [0.05, 0.1) is 18.1 Å². The van der Waals surface area contributed by atoms with Gasteiger partial charge in [0.2, 0.25) is 21.8 Å². The van der Waals surface area contributed by atoms with E-state index in [1.807, 2.05) is 0 Å². The minimum absolute atomic E-state index is 0.00207. The molecule has 178 valence electrons. The Morgan fingerprint density at radius 3 is 2.47 bits per heavy atom. The molecule has 3 amide bonds. The number of piperidine rings is 1. The van der Waals surface area contributed by atoms with Crippen LogP contribution in [0.25, 0.3) is 0 Å². The number of sulfonamides is 1. The number of hydrogen-bond donors (Lipinski definition) is 2. The summed E-state index contributed by atoms with van der Waals surface area (Å²) in [5.74, 6) is -1.11. The van der Waals surface area contributed by atoms with E-state index in [0.29, 0.717) is 24.3 Å². The van der Waals surface area contributed by atoms with E-state index in [4.69, 9.17) is 9.47 Å². The first-order valence-electron chi connectivity index (χ1n) is 10.9. The smallest absolute Gasteiger partial charge is 0.255 e. The van der Waals surface area contributed by atoms with Crippen LogP contribution in [0.5, 0.6) is 0 Å². The molecule has 3 aliphatic heterocycles. The monoisotopic (exact) mass is 485 g/mol. The van der Waals surface area contributed by atoms with E-state index >= 15 is 0 Å². The minimum Gasteiger partial charge on any atom is -0.346 e. The molecule has 2 aromatic rings. The van der Waals surface area contributed by atoms with Gasteiger partial charge in [-0.3, -0.25) is 19.7 Å². The third-order valence-electron chi connectivity index (χ3n) is 6.14. The largest absolute Gasteiger partial charge is 0.346 e. The molecule has 0 saturated carbocycles. The topological polar surface area (TPSA) is 131 Å². The molecule has 11 heteroatoms. The van der Waals surface area contributed by atoms with E-state index in [-0.39, 0.29) is 42.6 Å². The third-order valence-corrected chi connectivity index (χ3v) is 7.56. The molecule has 34 heavy (non-hydrogen) atoms. The highest BCUT2D eigenvalue weighted by Crippen LogP contribution is 2.28. The second kappa shape index (κ2) is 8.91. The van der Waals surface area contributed by atoms with Crippen molar-refractivity contribution in [3.63, 3.8) is 0 Å². The standard InChI is InChI=1S/C23H23N3O7S/c27-20-8-7-19(21(28)25-20)26-13-16-2-1-14(11-18(16)22(26)29)12-24-34(30,31)17-5-3-15(4-6-17)23-32-9-10-33-23/h1-6,11,19,23-24H,7-10,12-13H2,(H,25,27,28). The second-order valence-corrected chi connectivity index (χ2v) is 10.1. The first kappa shape index (κ1) is 22.7. The molecule has 5 rings (SSSR count). The van der Waals surface area contributed by atoms with E-state index in [0.717, 1.165) is 11.1 Å². The van der Waals surface area contributed by atoms with Crippen molar-refractivity contribution in [1.82, 2.24) is 14.9 Å². The Morgan fingerprint density at radius 1 is 1.03 bits per heavy atom. The summed E-state index contributed by atoms with van der Waals surface area (Å²) >= 11 is 0. The lowest BCUT2D eigenvalue weighted by molar-refractivity contribution is -0.136. The highest BCUT2D eigenvalue weighted by molar-refractivity contribution is 7.89. The van der Waals surface area contributed by atoms with Gasteiger partial charge in [-0.15, -0.1) is 0 Å². The van der Waals surface area contributed by atoms with E-state index < -0.39 is 28.3 Å². The molecular formula is C23H23N3O7S. The molecule has 0 aliphatic carbocycles. The molecule has 0 spiro atoms. The van der Waals surface area contributed by atoms with Gasteiger partial charge in [0.15, 0.2) is 6.29 Å². The second-order valence-electron chi connectivity index (χ2n) is 8.36. The number of hydrogen-bond acceptors (Lipinski definition) is 7.